The molecule has 0 atom stereocenters. The third-order valence-corrected chi connectivity index (χ3v) is 3.15. The second-order valence-corrected chi connectivity index (χ2v) is 4.42. The molecule has 2 aromatic rings. The summed E-state index contributed by atoms with van der Waals surface area (Å²) in [5, 5.41) is 9.89. The van der Waals surface area contributed by atoms with E-state index in [9.17, 15) is 4.79 Å². The lowest BCUT2D eigenvalue weighted by Crippen LogP contribution is -2.23. The van der Waals surface area contributed by atoms with E-state index in [1.165, 1.54) is 6.20 Å². The van der Waals surface area contributed by atoms with Gasteiger partial charge in [0, 0.05) is 22.8 Å². The number of amides is 1. The Morgan fingerprint density at radius 3 is 2.95 bits per heavy atom. The van der Waals surface area contributed by atoms with Crippen molar-refractivity contribution in [3.05, 3.63) is 46.2 Å². The smallest absolute Gasteiger partial charge is 0.255 e. The number of ether oxygens (including phenoxy) is 1. The standard InChI is InChI=1S/C13H14ClN3O2/c1-8-9(7-16-17-8)13(18)15-6-10-11(14)4-3-5-12(10)19-2/h3-5,7H,6H2,1-2H3,(H,15,18)(H,16,17). The van der Waals surface area contributed by atoms with E-state index in [0.717, 1.165) is 11.3 Å². The van der Waals surface area contributed by atoms with Crippen LogP contribution in [0.4, 0.5) is 0 Å². The molecule has 1 aromatic carbocycles. The minimum Gasteiger partial charge on any atom is -0.496 e. The van der Waals surface area contributed by atoms with Crippen molar-refractivity contribution in [2.75, 3.05) is 7.11 Å². The average molecular weight is 280 g/mol. The molecule has 0 aliphatic rings. The number of aromatic nitrogens is 2. The Labute approximate surface area is 115 Å². The van der Waals surface area contributed by atoms with Crippen molar-refractivity contribution in [3.8, 4) is 5.75 Å². The summed E-state index contributed by atoms with van der Waals surface area (Å²) in [5.74, 6) is 0.449. The van der Waals surface area contributed by atoms with Crippen LogP contribution in [-0.4, -0.2) is 23.2 Å². The summed E-state index contributed by atoms with van der Waals surface area (Å²) in [4.78, 5) is 12.0. The number of hydrogen-bond donors (Lipinski definition) is 2. The molecule has 0 aliphatic carbocycles. The van der Waals surface area contributed by atoms with E-state index in [4.69, 9.17) is 16.3 Å². The molecule has 6 heteroatoms. The minimum absolute atomic E-state index is 0.201. The average Bonchev–Trinajstić information content (AvgIpc) is 2.83. The number of halogens is 1. The minimum atomic E-state index is -0.201. The molecule has 0 radical (unpaired) electrons. The fourth-order valence-corrected chi connectivity index (χ4v) is 1.98. The molecule has 0 bridgehead atoms. The summed E-state index contributed by atoms with van der Waals surface area (Å²) in [7, 11) is 1.57. The molecule has 19 heavy (non-hydrogen) atoms. The zero-order chi connectivity index (χ0) is 13.8. The highest BCUT2D eigenvalue weighted by molar-refractivity contribution is 6.31. The van der Waals surface area contributed by atoms with Crippen molar-refractivity contribution in [1.29, 1.82) is 0 Å². The maximum absolute atomic E-state index is 12.0. The molecule has 2 rings (SSSR count). The molecule has 1 amide bonds. The number of H-pyrrole nitrogens is 1. The van der Waals surface area contributed by atoms with Gasteiger partial charge < -0.3 is 10.1 Å². The van der Waals surface area contributed by atoms with Gasteiger partial charge >= 0.3 is 0 Å². The van der Waals surface area contributed by atoms with E-state index in [0.29, 0.717) is 22.9 Å². The summed E-state index contributed by atoms with van der Waals surface area (Å²) in [6.07, 6.45) is 1.49. The summed E-state index contributed by atoms with van der Waals surface area (Å²) in [6, 6.07) is 5.36. The predicted octanol–water partition coefficient (Wildman–Crippen LogP) is 2.31. The highest BCUT2D eigenvalue weighted by Crippen LogP contribution is 2.25. The lowest BCUT2D eigenvalue weighted by Gasteiger charge is -2.11. The maximum Gasteiger partial charge on any atom is 0.255 e. The van der Waals surface area contributed by atoms with Gasteiger partial charge in [-0.05, 0) is 19.1 Å². The van der Waals surface area contributed by atoms with Gasteiger partial charge in [-0.15, -0.1) is 0 Å². The molecule has 0 saturated carbocycles. The summed E-state index contributed by atoms with van der Waals surface area (Å²) >= 11 is 6.10. The molecule has 100 valence electrons. The van der Waals surface area contributed by atoms with Crippen LogP contribution in [0.3, 0.4) is 0 Å². The number of aromatic amines is 1. The largest absolute Gasteiger partial charge is 0.496 e. The van der Waals surface area contributed by atoms with E-state index >= 15 is 0 Å². The van der Waals surface area contributed by atoms with E-state index < -0.39 is 0 Å². The van der Waals surface area contributed by atoms with Crippen molar-refractivity contribution in [2.24, 2.45) is 0 Å². The second kappa shape index (κ2) is 5.75. The number of rotatable bonds is 4. The van der Waals surface area contributed by atoms with Crippen molar-refractivity contribution in [3.63, 3.8) is 0 Å². The molecule has 0 unspecified atom stereocenters. The van der Waals surface area contributed by atoms with Gasteiger partial charge in [0.05, 0.1) is 18.9 Å². The topological polar surface area (TPSA) is 67.0 Å². The lowest BCUT2D eigenvalue weighted by atomic mass is 10.2. The number of aryl methyl sites for hydroxylation is 1. The molecule has 0 saturated heterocycles. The predicted molar refractivity (Wildman–Crippen MR) is 72.5 cm³/mol. The van der Waals surface area contributed by atoms with Gasteiger partial charge in [-0.25, -0.2) is 0 Å². The number of hydrogen-bond acceptors (Lipinski definition) is 3. The second-order valence-electron chi connectivity index (χ2n) is 4.01. The lowest BCUT2D eigenvalue weighted by molar-refractivity contribution is 0.0950. The maximum atomic E-state index is 12.0. The first-order valence-corrected chi connectivity index (χ1v) is 6.11. The molecule has 0 aliphatic heterocycles. The monoisotopic (exact) mass is 279 g/mol. The fraction of sp³-hybridized carbons (Fsp3) is 0.231. The van der Waals surface area contributed by atoms with E-state index in [1.54, 1.807) is 32.2 Å². The number of carbonyl (C=O) groups excluding carboxylic acids is 1. The number of methoxy groups -OCH3 is 1. The van der Waals surface area contributed by atoms with Crippen LogP contribution in [0, 0.1) is 6.92 Å². The highest BCUT2D eigenvalue weighted by atomic mass is 35.5. The van der Waals surface area contributed by atoms with Gasteiger partial charge in [0.15, 0.2) is 0 Å². The van der Waals surface area contributed by atoms with Crippen molar-refractivity contribution in [1.82, 2.24) is 15.5 Å². The van der Waals surface area contributed by atoms with Crippen LogP contribution in [0.5, 0.6) is 5.75 Å². The first kappa shape index (κ1) is 13.4. The van der Waals surface area contributed by atoms with Crippen LogP contribution in [0.15, 0.2) is 24.4 Å². The Morgan fingerprint density at radius 2 is 2.32 bits per heavy atom. The zero-order valence-corrected chi connectivity index (χ0v) is 11.4. The van der Waals surface area contributed by atoms with Crippen LogP contribution in [-0.2, 0) is 6.54 Å². The summed E-state index contributed by atoms with van der Waals surface area (Å²) in [5.41, 5.74) is 2.00. The molecule has 0 fully saturated rings. The number of nitrogens with one attached hydrogen (secondary N) is 2. The Kier molecular flexibility index (Phi) is 4.06. The van der Waals surface area contributed by atoms with Gasteiger partial charge in [-0.1, -0.05) is 17.7 Å². The van der Waals surface area contributed by atoms with Crippen LogP contribution in [0.1, 0.15) is 21.6 Å². The van der Waals surface area contributed by atoms with E-state index in [-0.39, 0.29) is 5.91 Å². The molecule has 2 N–H and O–H groups in total. The normalized spacial score (nSPS) is 10.3. The van der Waals surface area contributed by atoms with Crippen molar-refractivity contribution < 1.29 is 9.53 Å². The number of carbonyl (C=O) groups is 1. The first-order chi connectivity index (χ1) is 9.13. The molecule has 1 aromatic heterocycles. The van der Waals surface area contributed by atoms with Gasteiger partial charge in [0.25, 0.3) is 5.91 Å². The van der Waals surface area contributed by atoms with E-state index in [2.05, 4.69) is 15.5 Å². The van der Waals surface area contributed by atoms with Crippen LogP contribution in [0.2, 0.25) is 5.02 Å². The number of nitrogens with zero attached hydrogens (tertiary/aromatic N) is 1. The molecule has 0 spiro atoms. The van der Waals surface area contributed by atoms with Gasteiger partial charge in [-0.2, -0.15) is 5.10 Å². The Hall–Kier alpha value is -2.01. The molecular formula is C13H14ClN3O2. The molecular weight excluding hydrogens is 266 g/mol. The van der Waals surface area contributed by atoms with Gasteiger partial charge in [-0.3, -0.25) is 9.89 Å². The van der Waals surface area contributed by atoms with Crippen LogP contribution < -0.4 is 10.1 Å². The highest BCUT2D eigenvalue weighted by Gasteiger charge is 2.13. The van der Waals surface area contributed by atoms with Crippen molar-refractivity contribution in [2.45, 2.75) is 13.5 Å². The Bertz CT molecular complexity index is 595. The Balaban J connectivity index is 2.11. The Morgan fingerprint density at radius 1 is 1.53 bits per heavy atom. The SMILES string of the molecule is COc1cccc(Cl)c1CNC(=O)c1cn[nH]c1C. The van der Waals surface area contributed by atoms with E-state index in [1.807, 2.05) is 0 Å². The first-order valence-electron chi connectivity index (χ1n) is 5.73. The quantitative estimate of drug-likeness (QED) is 0.902. The summed E-state index contributed by atoms with van der Waals surface area (Å²) < 4.78 is 5.22. The van der Waals surface area contributed by atoms with Crippen molar-refractivity contribution >= 4 is 17.5 Å². The van der Waals surface area contributed by atoms with Gasteiger partial charge in [0.2, 0.25) is 0 Å². The summed E-state index contributed by atoms with van der Waals surface area (Å²) in [6.45, 7) is 2.09. The van der Waals surface area contributed by atoms with Crippen LogP contribution in [0.25, 0.3) is 0 Å². The fourth-order valence-electron chi connectivity index (χ4n) is 1.75. The zero-order valence-electron chi connectivity index (χ0n) is 10.7. The third kappa shape index (κ3) is 2.88. The molecule has 5 nitrogen and oxygen atoms in total. The molecule has 1 heterocycles. The van der Waals surface area contributed by atoms with Crippen LogP contribution >= 0.6 is 11.6 Å². The van der Waals surface area contributed by atoms with Gasteiger partial charge in [0.1, 0.15) is 5.75 Å². The third-order valence-electron chi connectivity index (χ3n) is 2.80. The number of benzene rings is 1.